The van der Waals surface area contributed by atoms with Crippen LogP contribution in [0.5, 0.6) is 0 Å². The molecular weight excluding hydrogens is 288 g/mol. The van der Waals surface area contributed by atoms with Crippen molar-refractivity contribution in [3.8, 4) is 0 Å². The monoisotopic (exact) mass is 318 g/mol. The molecule has 1 fully saturated rings. The van der Waals surface area contributed by atoms with E-state index < -0.39 is 6.10 Å². The minimum Gasteiger partial charge on any atom is -0.392 e. The Labute approximate surface area is 139 Å². The van der Waals surface area contributed by atoms with Crippen LogP contribution in [-0.4, -0.2) is 41.1 Å². The van der Waals surface area contributed by atoms with E-state index in [1.807, 2.05) is 26.0 Å². The molecule has 0 radical (unpaired) electrons. The number of aryl methyl sites for hydroxylation is 1. The lowest BCUT2D eigenvalue weighted by Crippen LogP contribution is -2.48. The maximum atomic E-state index is 12.5. The van der Waals surface area contributed by atoms with Crippen LogP contribution in [0.1, 0.15) is 57.1 Å². The van der Waals surface area contributed by atoms with E-state index in [1.165, 1.54) is 5.56 Å². The number of aliphatic hydroxyl groups excluding tert-OH is 1. The molecule has 2 unspecified atom stereocenters. The van der Waals surface area contributed by atoms with E-state index in [0.717, 1.165) is 37.1 Å². The number of anilines is 1. The second-order valence-electron chi connectivity index (χ2n) is 7.02. The van der Waals surface area contributed by atoms with Crippen molar-refractivity contribution >= 4 is 11.6 Å². The smallest absolute Gasteiger partial charge is 0.238 e. The van der Waals surface area contributed by atoms with Crippen LogP contribution in [0.2, 0.25) is 0 Å². The second-order valence-corrected chi connectivity index (χ2v) is 7.02. The summed E-state index contributed by atoms with van der Waals surface area (Å²) in [4.78, 5) is 14.7. The number of hydrogen-bond acceptors (Lipinski definition) is 3. The Morgan fingerprint density at radius 3 is 2.74 bits per heavy atom. The topological polar surface area (TPSA) is 52.6 Å². The van der Waals surface area contributed by atoms with E-state index in [-0.39, 0.29) is 11.9 Å². The van der Waals surface area contributed by atoms with E-state index in [2.05, 4.69) is 30.1 Å². The summed E-state index contributed by atoms with van der Waals surface area (Å²) in [5.74, 6) is 0.374. The van der Waals surface area contributed by atoms with Gasteiger partial charge in [-0.2, -0.15) is 0 Å². The van der Waals surface area contributed by atoms with Gasteiger partial charge in [-0.25, -0.2) is 0 Å². The summed E-state index contributed by atoms with van der Waals surface area (Å²) in [6.45, 7) is 9.35. The number of aliphatic hydroxyl groups is 1. The van der Waals surface area contributed by atoms with Crippen molar-refractivity contribution in [1.82, 2.24) is 4.90 Å². The average Bonchev–Trinajstić information content (AvgIpc) is 2.49. The van der Waals surface area contributed by atoms with Gasteiger partial charge in [0.15, 0.2) is 0 Å². The Morgan fingerprint density at radius 1 is 1.35 bits per heavy atom. The lowest BCUT2D eigenvalue weighted by atomic mass is 9.97. The van der Waals surface area contributed by atoms with Gasteiger partial charge in [0, 0.05) is 11.7 Å². The Kier molecular flexibility index (Phi) is 6.19. The Hall–Kier alpha value is -1.39. The van der Waals surface area contributed by atoms with Gasteiger partial charge in [0.25, 0.3) is 0 Å². The lowest BCUT2D eigenvalue weighted by molar-refractivity contribution is -0.118. The fourth-order valence-corrected chi connectivity index (χ4v) is 3.47. The highest BCUT2D eigenvalue weighted by Gasteiger charge is 2.27. The number of carbonyl (C=O) groups excluding carboxylic acids is 1. The van der Waals surface area contributed by atoms with Crippen molar-refractivity contribution < 1.29 is 9.90 Å². The SMILES string of the molecule is Cc1cccc(C(C)C)c1NC(=O)CN1CCCCC1C(C)O. The predicted molar refractivity (Wildman–Crippen MR) is 94.8 cm³/mol. The zero-order valence-corrected chi connectivity index (χ0v) is 14.8. The molecule has 2 rings (SSSR count). The molecule has 1 aliphatic rings. The summed E-state index contributed by atoms with van der Waals surface area (Å²) in [5.41, 5.74) is 3.21. The van der Waals surface area contributed by atoms with Crippen molar-refractivity contribution in [1.29, 1.82) is 0 Å². The Balaban J connectivity index is 2.08. The number of nitrogens with zero attached hydrogens (tertiary/aromatic N) is 1. The molecule has 1 aliphatic heterocycles. The van der Waals surface area contributed by atoms with Gasteiger partial charge in [-0.05, 0) is 50.3 Å². The first kappa shape index (κ1) is 18.0. The molecule has 1 aromatic carbocycles. The number of hydrogen-bond donors (Lipinski definition) is 2. The molecule has 1 saturated heterocycles. The van der Waals surface area contributed by atoms with Crippen LogP contribution in [0, 0.1) is 6.92 Å². The van der Waals surface area contributed by atoms with Gasteiger partial charge in [0.1, 0.15) is 0 Å². The summed E-state index contributed by atoms with van der Waals surface area (Å²) in [6, 6.07) is 6.23. The van der Waals surface area contributed by atoms with Gasteiger partial charge in [0.2, 0.25) is 5.91 Å². The number of nitrogens with one attached hydrogen (secondary N) is 1. The predicted octanol–water partition coefficient (Wildman–Crippen LogP) is 3.29. The lowest BCUT2D eigenvalue weighted by Gasteiger charge is -2.37. The van der Waals surface area contributed by atoms with Gasteiger partial charge >= 0.3 is 0 Å². The first-order chi connectivity index (χ1) is 10.9. The summed E-state index contributed by atoms with van der Waals surface area (Å²) < 4.78 is 0. The fraction of sp³-hybridized carbons (Fsp3) is 0.632. The van der Waals surface area contributed by atoms with E-state index in [4.69, 9.17) is 0 Å². The number of amides is 1. The van der Waals surface area contributed by atoms with Gasteiger partial charge in [-0.1, -0.05) is 38.5 Å². The molecular formula is C19H30N2O2. The molecule has 4 heteroatoms. The van der Waals surface area contributed by atoms with Gasteiger partial charge in [-0.3, -0.25) is 9.69 Å². The number of para-hydroxylation sites is 1. The van der Waals surface area contributed by atoms with Crippen LogP contribution in [0.4, 0.5) is 5.69 Å². The largest absolute Gasteiger partial charge is 0.392 e. The van der Waals surface area contributed by atoms with Crippen molar-refractivity contribution in [2.45, 2.75) is 65.0 Å². The number of piperidine rings is 1. The standard InChI is InChI=1S/C19H30N2O2/c1-13(2)16-9-7-8-14(3)19(16)20-18(23)12-21-11-6-5-10-17(21)15(4)22/h7-9,13,15,17,22H,5-6,10-12H2,1-4H3,(H,20,23). The van der Waals surface area contributed by atoms with E-state index >= 15 is 0 Å². The van der Waals surface area contributed by atoms with Crippen molar-refractivity contribution in [2.75, 3.05) is 18.4 Å². The van der Waals surface area contributed by atoms with Crippen molar-refractivity contribution in [3.05, 3.63) is 29.3 Å². The number of carbonyl (C=O) groups is 1. The highest BCUT2D eigenvalue weighted by molar-refractivity contribution is 5.94. The molecule has 0 bridgehead atoms. The fourth-order valence-electron chi connectivity index (χ4n) is 3.47. The molecule has 1 heterocycles. The second kappa shape index (κ2) is 7.93. The molecule has 1 aromatic rings. The first-order valence-corrected chi connectivity index (χ1v) is 8.71. The summed E-state index contributed by atoms with van der Waals surface area (Å²) >= 11 is 0. The molecule has 2 N–H and O–H groups in total. The van der Waals surface area contributed by atoms with Crippen LogP contribution in [-0.2, 0) is 4.79 Å². The highest BCUT2D eigenvalue weighted by Crippen LogP contribution is 2.27. The normalized spacial score (nSPS) is 20.5. The molecule has 4 nitrogen and oxygen atoms in total. The summed E-state index contributed by atoms with van der Waals surface area (Å²) in [6.07, 6.45) is 2.79. The molecule has 0 aliphatic carbocycles. The average molecular weight is 318 g/mol. The molecule has 23 heavy (non-hydrogen) atoms. The number of rotatable bonds is 5. The zero-order valence-electron chi connectivity index (χ0n) is 14.8. The summed E-state index contributed by atoms with van der Waals surface area (Å²) in [5, 5.41) is 13.0. The third-order valence-corrected chi connectivity index (χ3v) is 4.76. The van der Waals surface area contributed by atoms with Gasteiger partial charge in [-0.15, -0.1) is 0 Å². The third-order valence-electron chi connectivity index (χ3n) is 4.76. The number of benzene rings is 1. The van der Waals surface area contributed by atoms with Crippen LogP contribution in [0.25, 0.3) is 0 Å². The highest BCUT2D eigenvalue weighted by atomic mass is 16.3. The van der Waals surface area contributed by atoms with E-state index in [1.54, 1.807) is 0 Å². The van der Waals surface area contributed by atoms with Crippen LogP contribution >= 0.6 is 0 Å². The number of likely N-dealkylation sites (tertiary alicyclic amines) is 1. The van der Waals surface area contributed by atoms with Crippen LogP contribution in [0.15, 0.2) is 18.2 Å². The molecule has 0 saturated carbocycles. The van der Waals surface area contributed by atoms with Crippen molar-refractivity contribution in [3.63, 3.8) is 0 Å². The molecule has 0 spiro atoms. The third kappa shape index (κ3) is 4.55. The minimum absolute atomic E-state index is 0.00810. The first-order valence-electron chi connectivity index (χ1n) is 8.71. The molecule has 1 amide bonds. The van der Waals surface area contributed by atoms with Crippen LogP contribution < -0.4 is 5.32 Å². The molecule has 128 valence electrons. The van der Waals surface area contributed by atoms with Crippen molar-refractivity contribution in [2.24, 2.45) is 0 Å². The van der Waals surface area contributed by atoms with Gasteiger partial charge < -0.3 is 10.4 Å². The quantitative estimate of drug-likeness (QED) is 0.876. The molecule has 0 aromatic heterocycles. The Bertz CT molecular complexity index is 540. The van der Waals surface area contributed by atoms with E-state index in [0.29, 0.717) is 12.5 Å². The minimum atomic E-state index is -0.396. The van der Waals surface area contributed by atoms with E-state index in [9.17, 15) is 9.90 Å². The maximum absolute atomic E-state index is 12.5. The maximum Gasteiger partial charge on any atom is 0.238 e. The van der Waals surface area contributed by atoms with Crippen LogP contribution in [0.3, 0.4) is 0 Å². The Morgan fingerprint density at radius 2 is 2.09 bits per heavy atom. The summed E-state index contributed by atoms with van der Waals surface area (Å²) in [7, 11) is 0. The zero-order chi connectivity index (χ0) is 17.0. The molecule has 2 atom stereocenters. The van der Waals surface area contributed by atoms with Gasteiger partial charge in [0.05, 0.1) is 12.6 Å².